The zero-order valence-electron chi connectivity index (χ0n) is 18.0. The average Bonchev–Trinajstić information content (AvgIpc) is 3.53. The molecule has 9 atom stereocenters. The number of fused-ring (bicyclic) bond motifs is 4. The second-order valence-corrected chi connectivity index (χ2v) is 10.5. The number of hydrogen-bond acceptors (Lipinski definition) is 6. The van der Waals surface area contributed by atoms with E-state index in [0.29, 0.717) is 23.4 Å². The molecule has 3 saturated carbocycles. The lowest BCUT2D eigenvalue weighted by atomic mass is 9.54. The maximum absolute atomic E-state index is 12.7. The first-order valence-electron chi connectivity index (χ1n) is 11.9. The number of hydrogen-bond donors (Lipinski definition) is 0. The number of nitrogens with zero attached hydrogens (tertiary/aromatic N) is 2. The molecule has 3 aliphatic carbocycles. The van der Waals surface area contributed by atoms with Gasteiger partial charge in [-0.05, 0) is 98.4 Å². The van der Waals surface area contributed by atoms with Gasteiger partial charge in [0.15, 0.2) is 0 Å². The van der Waals surface area contributed by atoms with Crippen LogP contribution in [-0.4, -0.2) is 29.3 Å². The molecular formula is C25H30N2O4. The molecule has 1 aromatic heterocycles. The second kappa shape index (κ2) is 7.22. The molecule has 31 heavy (non-hydrogen) atoms. The Morgan fingerprint density at radius 1 is 1.23 bits per heavy atom. The first kappa shape index (κ1) is 19.6. The Kier molecular flexibility index (Phi) is 4.57. The normalized spacial score (nSPS) is 45.6. The summed E-state index contributed by atoms with van der Waals surface area (Å²) in [6.07, 6.45) is 12.7. The molecule has 0 N–H and O–H groups in total. The Labute approximate surface area is 182 Å². The van der Waals surface area contributed by atoms with E-state index in [1.165, 1.54) is 19.0 Å². The number of carbonyl (C=O) groups excluding carboxylic acids is 1. The van der Waals surface area contributed by atoms with Gasteiger partial charge in [-0.1, -0.05) is 6.08 Å². The number of pyridine rings is 1. The van der Waals surface area contributed by atoms with Crippen LogP contribution in [0.3, 0.4) is 0 Å². The number of aromatic nitrogens is 1. The van der Waals surface area contributed by atoms with E-state index in [2.05, 4.69) is 23.2 Å². The fourth-order valence-corrected chi connectivity index (χ4v) is 7.62. The number of ether oxygens (including phenoxy) is 2. The van der Waals surface area contributed by atoms with Gasteiger partial charge in [-0.2, -0.15) is 0 Å². The van der Waals surface area contributed by atoms with E-state index < -0.39 is 0 Å². The summed E-state index contributed by atoms with van der Waals surface area (Å²) in [6, 6.07) is 3.51. The molecule has 1 aromatic rings. The van der Waals surface area contributed by atoms with Crippen molar-refractivity contribution in [2.24, 2.45) is 46.6 Å². The monoisotopic (exact) mass is 422 g/mol. The van der Waals surface area contributed by atoms with E-state index in [4.69, 9.17) is 9.47 Å². The van der Waals surface area contributed by atoms with Crippen LogP contribution in [0.2, 0.25) is 0 Å². The van der Waals surface area contributed by atoms with Crippen molar-refractivity contribution in [1.29, 1.82) is 0 Å². The molecule has 164 valence electrons. The summed E-state index contributed by atoms with van der Waals surface area (Å²) >= 11 is 0. The van der Waals surface area contributed by atoms with Gasteiger partial charge in [-0.15, -0.1) is 4.91 Å². The fourth-order valence-electron chi connectivity index (χ4n) is 7.62. The molecule has 6 rings (SSSR count). The zero-order chi connectivity index (χ0) is 21.2. The van der Waals surface area contributed by atoms with Crippen molar-refractivity contribution >= 4 is 17.7 Å². The van der Waals surface area contributed by atoms with Crippen molar-refractivity contribution < 1.29 is 14.3 Å². The van der Waals surface area contributed by atoms with Crippen LogP contribution in [0.25, 0.3) is 6.08 Å². The van der Waals surface area contributed by atoms with Crippen molar-refractivity contribution in [3.63, 3.8) is 0 Å². The Bertz CT molecular complexity index is 915. The fraction of sp³-hybridized carbons (Fsp3) is 0.680. The molecule has 0 bridgehead atoms. The van der Waals surface area contributed by atoms with E-state index in [0.717, 1.165) is 49.8 Å². The number of nitroso groups, excluding NO2 is 1. The van der Waals surface area contributed by atoms with Crippen LogP contribution in [-0.2, 0) is 14.3 Å². The summed E-state index contributed by atoms with van der Waals surface area (Å²) in [5.41, 5.74) is 1.22. The highest BCUT2D eigenvalue weighted by Gasteiger charge is 2.62. The summed E-state index contributed by atoms with van der Waals surface area (Å²) in [4.78, 5) is 27.7. The van der Waals surface area contributed by atoms with Crippen LogP contribution in [0.1, 0.15) is 51.1 Å². The minimum Gasteiger partial charge on any atom is -0.462 e. The Morgan fingerprint density at radius 3 is 2.94 bits per heavy atom. The van der Waals surface area contributed by atoms with Crippen molar-refractivity contribution in [3.8, 4) is 0 Å². The topological polar surface area (TPSA) is 77.9 Å². The van der Waals surface area contributed by atoms with Gasteiger partial charge in [0.1, 0.15) is 11.8 Å². The summed E-state index contributed by atoms with van der Waals surface area (Å²) in [6.45, 7) is 2.96. The third-order valence-electron chi connectivity index (χ3n) is 9.06. The molecule has 6 heteroatoms. The minimum absolute atomic E-state index is 0.00533. The van der Waals surface area contributed by atoms with Crippen LogP contribution in [0.15, 0.2) is 29.6 Å². The van der Waals surface area contributed by atoms with E-state index in [1.54, 1.807) is 6.07 Å². The first-order valence-corrected chi connectivity index (χ1v) is 11.9. The van der Waals surface area contributed by atoms with Crippen LogP contribution >= 0.6 is 0 Å². The van der Waals surface area contributed by atoms with Crippen LogP contribution in [0.5, 0.6) is 0 Å². The Hall–Kier alpha value is -2.08. The molecule has 3 heterocycles. The first-order chi connectivity index (χ1) is 15.1. The Morgan fingerprint density at radius 2 is 2.13 bits per heavy atom. The molecule has 5 aliphatic rings. The average molecular weight is 423 g/mol. The van der Waals surface area contributed by atoms with Crippen molar-refractivity contribution in [2.75, 3.05) is 6.61 Å². The highest BCUT2D eigenvalue weighted by atomic mass is 16.6. The van der Waals surface area contributed by atoms with Gasteiger partial charge in [0, 0.05) is 12.5 Å². The molecule has 1 spiro atoms. The van der Waals surface area contributed by atoms with Gasteiger partial charge in [-0.3, -0.25) is 9.78 Å². The van der Waals surface area contributed by atoms with Crippen LogP contribution < -0.4 is 0 Å². The Balaban J connectivity index is 1.29. The third kappa shape index (κ3) is 3.17. The highest BCUT2D eigenvalue weighted by Crippen LogP contribution is 2.63. The highest BCUT2D eigenvalue weighted by molar-refractivity contribution is 5.75. The molecule has 0 radical (unpaired) electrons. The number of cyclic esters (lactones) is 1. The lowest BCUT2D eigenvalue weighted by Gasteiger charge is -2.52. The van der Waals surface area contributed by atoms with Crippen molar-refractivity contribution in [2.45, 2.75) is 57.2 Å². The summed E-state index contributed by atoms with van der Waals surface area (Å²) in [7, 11) is 0. The second-order valence-electron chi connectivity index (χ2n) is 10.5. The van der Waals surface area contributed by atoms with Gasteiger partial charge in [0.25, 0.3) is 0 Å². The predicted molar refractivity (Wildman–Crippen MR) is 115 cm³/mol. The number of carbonyl (C=O) groups is 1. The number of allylic oxidation sites excluding steroid dienone is 1. The van der Waals surface area contributed by atoms with Gasteiger partial charge >= 0.3 is 5.97 Å². The quantitative estimate of drug-likeness (QED) is 0.511. The van der Waals surface area contributed by atoms with Crippen molar-refractivity contribution in [3.05, 3.63) is 35.0 Å². The van der Waals surface area contributed by atoms with E-state index in [1.807, 2.05) is 12.1 Å². The van der Waals surface area contributed by atoms with Gasteiger partial charge in [0.2, 0.25) is 0 Å². The standard InChI is InChI=1S/C25H30N2O4/c1-14-23-20(5-4-17-2-3-18(27-29)13-26-17)19-6-8-25(22-11-15(22)7-9-30-25)12-16(19)10-21(23)24(28)31-14/h2-5,13-16,19-23H,6-12H2,1H3/b5-4+/t14-,15-,16-,19?,20+,21-,22+,23+,25?/m1/s1. The lowest BCUT2D eigenvalue weighted by Crippen LogP contribution is -2.51. The van der Waals surface area contributed by atoms with Gasteiger partial charge in [0.05, 0.1) is 23.4 Å². The SMILES string of the molecule is C[C@H]1OC(=O)[C@@H]2C[C@@H]3CC4(CCC3[C@H](/C=C/c3ccc(N=O)cn3)[C@H]12)OCC[C@@H]1C[C@@H]14. The third-order valence-corrected chi connectivity index (χ3v) is 9.06. The molecule has 5 fully saturated rings. The van der Waals surface area contributed by atoms with Crippen LogP contribution in [0, 0.1) is 46.3 Å². The number of esters is 1. The summed E-state index contributed by atoms with van der Waals surface area (Å²) in [5.74, 6) is 3.20. The lowest BCUT2D eigenvalue weighted by molar-refractivity contribution is -0.151. The largest absolute Gasteiger partial charge is 0.462 e. The van der Waals surface area contributed by atoms with Crippen LogP contribution in [0.4, 0.5) is 5.69 Å². The molecule has 0 amide bonds. The van der Waals surface area contributed by atoms with Gasteiger partial charge < -0.3 is 9.47 Å². The van der Waals surface area contributed by atoms with Crippen molar-refractivity contribution in [1.82, 2.24) is 4.98 Å². The smallest absolute Gasteiger partial charge is 0.309 e. The summed E-state index contributed by atoms with van der Waals surface area (Å²) < 4.78 is 12.2. The molecule has 2 unspecified atom stereocenters. The molecule has 2 aliphatic heterocycles. The van der Waals surface area contributed by atoms with E-state index in [-0.39, 0.29) is 29.5 Å². The zero-order valence-corrected chi connectivity index (χ0v) is 18.0. The summed E-state index contributed by atoms with van der Waals surface area (Å²) in [5, 5.41) is 2.93. The van der Waals surface area contributed by atoms with E-state index in [9.17, 15) is 9.70 Å². The predicted octanol–water partition coefficient (Wildman–Crippen LogP) is 4.90. The van der Waals surface area contributed by atoms with E-state index >= 15 is 0 Å². The maximum Gasteiger partial charge on any atom is 0.309 e. The maximum atomic E-state index is 12.7. The molecule has 6 nitrogen and oxygen atoms in total. The number of rotatable bonds is 3. The molecule has 2 saturated heterocycles. The van der Waals surface area contributed by atoms with Gasteiger partial charge in [-0.25, -0.2) is 0 Å². The minimum atomic E-state index is -0.0441. The molecular weight excluding hydrogens is 392 g/mol. The molecule has 0 aromatic carbocycles.